The molecule has 2 aromatic rings. The topological polar surface area (TPSA) is 65.5 Å². The van der Waals surface area contributed by atoms with Crippen molar-refractivity contribution in [2.24, 2.45) is 17.3 Å². The number of pyridine rings is 1. The molecule has 1 N–H and O–H groups in total. The highest BCUT2D eigenvalue weighted by Crippen LogP contribution is 2.47. The maximum atomic E-state index is 13.6. The van der Waals surface area contributed by atoms with E-state index in [4.69, 9.17) is 0 Å². The Morgan fingerprint density at radius 1 is 1.03 bits per heavy atom. The van der Waals surface area contributed by atoms with E-state index in [2.05, 4.69) is 34.6 Å². The summed E-state index contributed by atoms with van der Waals surface area (Å²) in [5.74, 6) is 0.856. The van der Waals surface area contributed by atoms with Crippen molar-refractivity contribution in [3.05, 3.63) is 59.3 Å². The largest absolute Gasteiger partial charge is 0.417 e. The Labute approximate surface area is 221 Å². The lowest BCUT2D eigenvalue weighted by molar-refractivity contribution is -0.142. The molecular weight excluding hydrogens is 493 g/mol. The second kappa shape index (κ2) is 10.2. The Kier molecular flexibility index (Phi) is 7.13. The highest BCUT2D eigenvalue weighted by molar-refractivity contribution is 5.85. The molecule has 6 nitrogen and oxygen atoms in total. The van der Waals surface area contributed by atoms with E-state index in [0.29, 0.717) is 51.4 Å². The molecule has 2 saturated heterocycles. The molecule has 2 atom stereocenters. The van der Waals surface area contributed by atoms with Crippen LogP contribution in [0.4, 0.5) is 19.0 Å². The lowest BCUT2D eigenvalue weighted by Crippen LogP contribution is -2.45. The highest BCUT2D eigenvalue weighted by atomic mass is 19.4. The number of anilines is 1. The second-order valence-electron chi connectivity index (χ2n) is 11.5. The second-order valence-corrected chi connectivity index (χ2v) is 11.5. The van der Waals surface area contributed by atoms with Gasteiger partial charge in [-0.15, -0.1) is 0 Å². The highest BCUT2D eigenvalue weighted by Gasteiger charge is 2.48. The van der Waals surface area contributed by atoms with Gasteiger partial charge in [-0.2, -0.15) is 13.2 Å². The number of halogens is 3. The van der Waals surface area contributed by atoms with Gasteiger partial charge in [-0.05, 0) is 50.3 Å². The zero-order valence-electron chi connectivity index (χ0n) is 21.9. The third-order valence-corrected chi connectivity index (χ3v) is 8.54. The van der Waals surface area contributed by atoms with Crippen LogP contribution in [0.1, 0.15) is 55.2 Å². The van der Waals surface area contributed by atoms with E-state index in [1.807, 2.05) is 23.6 Å². The third-order valence-electron chi connectivity index (χ3n) is 8.54. The predicted molar refractivity (Wildman–Crippen MR) is 138 cm³/mol. The lowest BCUT2D eigenvalue weighted by Gasteiger charge is -2.34. The molecule has 3 heterocycles. The molecule has 2 amide bonds. The van der Waals surface area contributed by atoms with Crippen molar-refractivity contribution in [1.82, 2.24) is 14.8 Å². The number of aryl methyl sites for hydroxylation is 1. The van der Waals surface area contributed by atoms with Crippen molar-refractivity contribution >= 4 is 17.6 Å². The van der Waals surface area contributed by atoms with Crippen LogP contribution in [-0.4, -0.2) is 59.3 Å². The van der Waals surface area contributed by atoms with Crippen LogP contribution in [0.3, 0.4) is 0 Å². The van der Waals surface area contributed by atoms with Crippen LogP contribution in [0.25, 0.3) is 0 Å². The SMILES string of the molecule is Cc1ccc([C@H]2CN(C(=O)C3CCN(C(=O)C4(C)CC4)CC3)CC2CNc2ccc(C(F)(F)F)cn2)cc1. The predicted octanol–water partition coefficient (Wildman–Crippen LogP) is 5.10. The molecule has 0 spiro atoms. The van der Waals surface area contributed by atoms with Gasteiger partial charge >= 0.3 is 6.18 Å². The Morgan fingerprint density at radius 2 is 1.71 bits per heavy atom. The summed E-state index contributed by atoms with van der Waals surface area (Å²) in [4.78, 5) is 34.1. The van der Waals surface area contributed by atoms with Crippen molar-refractivity contribution in [1.29, 1.82) is 0 Å². The summed E-state index contributed by atoms with van der Waals surface area (Å²) in [6.45, 7) is 6.98. The van der Waals surface area contributed by atoms with Crippen LogP contribution in [0.2, 0.25) is 0 Å². The summed E-state index contributed by atoms with van der Waals surface area (Å²) in [6, 6.07) is 10.7. The van der Waals surface area contributed by atoms with Crippen molar-refractivity contribution in [2.45, 2.75) is 51.6 Å². The molecule has 9 heteroatoms. The number of benzene rings is 1. The smallest absolute Gasteiger partial charge is 0.370 e. The van der Waals surface area contributed by atoms with Gasteiger partial charge < -0.3 is 15.1 Å². The Balaban J connectivity index is 1.23. The molecule has 3 aliphatic rings. The van der Waals surface area contributed by atoms with Crippen molar-refractivity contribution < 1.29 is 22.8 Å². The summed E-state index contributed by atoms with van der Waals surface area (Å²) in [7, 11) is 0. The first-order valence-electron chi connectivity index (χ1n) is 13.5. The number of aromatic nitrogens is 1. The van der Waals surface area contributed by atoms with Gasteiger partial charge in [0.25, 0.3) is 0 Å². The molecule has 1 unspecified atom stereocenters. The monoisotopic (exact) mass is 528 g/mol. The van der Waals surface area contributed by atoms with E-state index in [0.717, 1.165) is 36.2 Å². The molecule has 0 bridgehead atoms. The van der Waals surface area contributed by atoms with E-state index < -0.39 is 11.7 Å². The maximum absolute atomic E-state index is 13.6. The minimum absolute atomic E-state index is 0.0854. The van der Waals surface area contributed by atoms with Crippen LogP contribution in [-0.2, 0) is 15.8 Å². The standard InChI is InChI=1S/C29H35F3N4O2/c1-19-3-5-20(6-4-19)24-18-36(17-22(24)15-33-25-8-7-23(16-34-25)29(30,31)32)26(37)21-9-13-35(14-10-21)27(38)28(2)11-12-28/h3-8,16,21-22,24H,9-15,17-18H2,1-2H3,(H,33,34)/t22?,24-/m1/s1. The first-order valence-corrected chi connectivity index (χ1v) is 13.5. The van der Waals surface area contributed by atoms with E-state index in [1.54, 1.807) is 0 Å². The van der Waals surface area contributed by atoms with Gasteiger partial charge in [0.2, 0.25) is 11.8 Å². The molecule has 2 aliphatic heterocycles. The van der Waals surface area contributed by atoms with Gasteiger partial charge in [0, 0.05) is 62.1 Å². The summed E-state index contributed by atoms with van der Waals surface area (Å²) in [5.41, 5.74) is 1.34. The Morgan fingerprint density at radius 3 is 2.29 bits per heavy atom. The molecule has 1 aromatic carbocycles. The van der Waals surface area contributed by atoms with Crippen LogP contribution < -0.4 is 5.32 Å². The van der Waals surface area contributed by atoms with E-state index in [9.17, 15) is 22.8 Å². The first-order chi connectivity index (χ1) is 18.0. The van der Waals surface area contributed by atoms with Gasteiger partial charge in [-0.25, -0.2) is 4.98 Å². The number of nitrogens with one attached hydrogen (secondary N) is 1. The van der Waals surface area contributed by atoms with E-state index in [1.165, 1.54) is 6.07 Å². The number of alkyl halides is 3. The van der Waals surface area contributed by atoms with Gasteiger partial charge in [0.1, 0.15) is 5.82 Å². The Hall–Kier alpha value is -3.10. The summed E-state index contributed by atoms with van der Waals surface area (Å²) in [5, 5.41) is 3.19. The van der Waals surface area contributed by atoms with Gasteiger partial charge in [-0.3, -0.25) is 9.59 Å². The molecule has 1 saturated carbocycles. The maximum Gasteiger partial charge on any atom is 0.417 e. The van der Waals surface area contributed by atoms with Crippen LogP contribution in [0.5, 0.6) is 0 Å². The summed E-state index contributed by atoms with van der Waals surface area (Å²) in [6.07, 6.45) is -0.305. The van der Waals surface area contributed by atoms with Crippen LogP contribution >= 0.6 is 0 Å². The fourth-order valence-electron chi connectivity index (χ4n) is 5.72. The number of hydrogen-bond donors (Lipinski definition) is 1. The zero-order chi connectivity index (χ0) is 27.1. The fraction of sp³-hybridized carbons (Fsp3) is 0.552. The number of nitrogens with zero attached hydrogens (tertiary/aromatic N) is 3. The molecule has 1 aromatic heterocycles. The van der Waals surface area contributed by atoms with Crippen LogP contribution in [0.15, 0.2) is 42.6 Å². The zero-order valence-corrected chi connectivity index (χ0v) is 21.9. The molecule has 204 valence electrons. The molecule has 5 rings (SSSR count). The average Bonchev–Trinajstić information content (AvgIpc) is 3.52. The number of likely N-dealkylation sites (tertiary alicyclic amines) is 2. The molecule has 0 radical (unpaired) electrons. The van der Waals surface area contributed by atoms with Gasteiger partial charge in [0.05, 0.1) is 5.56 Å². The molecule has 3 fully saturated rings. The van der Waals surface area contributed by atoms with E-state index >= 15 is 0 Å². The quantitative estimate of drug-likeness (QED) is 0.567. The molecule has 1 aliphatic carbocycles. The normalized spacial score (nSPS) is 23.4. The minimum atomic E-state index is -4.42. The number of hydrogen-bond acceptors (Lipinski definition) is 4. The van der Waals surface area contributed by atoms with Crippen LogP contribution in [0, 0.1) is 24.2 Å². The van der Waals surface area contributed by atoms with Gasteiger partial charge in [-0.1, -0.05) is 36.8 Å². The summed E-state index contributed by atoms with van der Waals surface area (Å²) < 4.78 is 38.7. The number of carbonyl (C=O) groups excluding carboxylic acids is 2. The lowest BCUT2D eigenvalue weighted by atomic mass is 9.88. The first kappa shape index (κ1) is 26.5. The van der Waals surface area contributed by atoms with Crippen molar-refractivity contribution in [3.8, 4) is 0 Å². The number of rotatable bonds is 6. The average molecular weight is 529 g/mol. The van der Waals surface area contributed by atoms with Gasteiger partial charge in [0.15, 0.2) is 0 Å². The number of carbonyl (C=O) groups is 2. The number of amides is 2. The Bertz CT molecular complexity index is 1150. The van der Waals surface area contributed by atoms with Crippen molar-refractivity contribution in [3.63, 3.8) is 0 Å². The summed E-state index contributed by atoms with van der Waals surface area (Å²) >= 11 is 0. The third kappa shape index (κ3) is 5.66. The molecule has 38 heavy (non-hydrogen) atoms. The van der Waals surface area contributed by atoms with Crippen molar-refractivity contribution in [2.75, 3.05) is 38.0 Å². The fourth-order valence-corrected chi connectivity index (χ4v) is 5.72. The van der Waals surface area contributed by atoms with E-state index in [-0.39, 0.29) is 35.0 Å². The number of piperidine rings is 1. The minimum Gasteiger partial charge on any atom is -0.370 e. The molecular formula is C29H35F3N4O2.